The Morgan fingerprint density at radius 1 is 0.818 bits per heavy atom. The van der Waals surface area contributed by atoms with Crippen LogP contribution in [-0.4, -0.2) is 19.6 Å². The van der Waals surface area contributed by atoms with E-state index in [-0.39, 0.29) is 17.1 Å². The van der Waals surface area contributed by atoms with E-state index in [9.17, 15) is 0 Å². The first-order valence-corrected chi connectivity index (χ1v) is 4.59. The van der Waals surface area contributed by atoms with Crippen molar-refractivity contribution in [2.45, 2.75) is 0 Å². The molecule has 0 aromatic rings. The predicted molar refractivity (Wildman–Crippen MR) is 24.1 cm³/mol. The molecule has 0 aliphatic heterocycles. The Bertz CT molecular complexity index is 124. The van der Waals surface area contributed by atoms with Crippen molar-refractivity contribution >= 4 is 15.6 Å². The largest absolute Gasteiger partial charge is 0.756 e. The Morgan fingerprint density at radius 2 is 0.818 bits per heavy atom. The van der Waals surface area contributed by atoms with E-state index >= 15 is 0 Å². The van der Waals surface area contributed by atoms with Crippen molar-refractivity contribution in [3.8, 4) is 0 Å². The summed E-state index contributed by atoms with van der Waals surface area (Å²) in [5.41, 5.74) is 0. The molecule has 0 aromatic carbocycles. The van der Waals surface area contributed by atoms with Gasteiger partial charge in [0.2, 0.25) is 0 Å². The minimum atomic E-state index is -4.89. The van der Waals surface area contributed by atoms with E-state index in [0.717, 1.165) is 0 Å². The molecular weight excluding hydrogens is 245 g/mol. The van der Waals surface area contributed by atoms with Crippen LogP contribution in [-0.2, 0) is 26.2 Å². The first kappa shape index (κ1) is 17.7. The zero-order valence-corrected chi connectivity index (χ0v) is 7.66. The topological polar surface area (TPSA) is 161 Å². The van der Waals surface area contributed by atoms with E-state index in [1.165, 1.54) is 0 Å². The molecule has 11 heteroatoms. The number of rotatable bonds is 0. The fourth-order valence-electron chi connectivity index (χ4n) is 0. The van der Waals surface area contributed by atoms with Crippen molar-refractivity contribution in [1.29, 1.82) is 0 Å². The van der Waals surface area contributed by atoms with Gasteiger partial charge in [0.25, 0.3) is 15.6 Å². The van der Waals surface area contributed by atoms with Gasteiger partial charge in [0.05, 0.1) is 0 Å². The Hall–Kier alpha value is 0.739. The third-order valence-corrected chi connectivity index (χ3v) is 0. The molecule has 11 heavy (non-hydrogen) atoms. The van der Waals surface area contributed by atoms with Crippen LogP contribution in [0.15, 0.2) is 0 Å². The molecule has 0 aliphatic rings. The monoisotopic (exact) mass is 249 g/mol. The van der Waals surface area contributed by atoms with Gasteiger partial charge in [0, 0.05) is 17.1 Å². The molecule has 0 saturated heterocycles. The first-order valence-electron chi connectivity index (χ1n) is 1.53. The van der Waals surface area contributed by atoms with Gasteiger partial charge in [-0.15, -0.1) is 0 Å². The van der Waals surface area contributed by atoms with Gasteiger partial charge in [-0.3, -0.25) is 9.13 Å². The van der Waals surface area contributed by atoms with E-state index in [4.69, 9.17) is 38.5 Å². The van der Waals surface area contributed by atoms with E-state index in [1.807, 2.05) is 0 Å². The van der Waals surface area contributed by atoms with Crippen LogP contribution in [0.1, 0.15) is 0 Å². The van der Waals surface area contributed by atoms with Crippen molar-refractivity contribution < 1.29 is 55.6 Å². The van der Waals surface area contributed by atoms with E-state index in [2.05, 4.69) is 0 Å². The average molecular weight is 249 g/mol. The third kappa shape index (κ3) is 1500. The molecule has 0 rings (SSSR count). The van der Waals surface area contributed by atoms with Gasteiger partial charge in [0.1, 0.15) is 0 Å². The fraction of sp³-hybridized carbons (Fsp3) is 0. The van der Waals surface area contributed by atoms with Gasteiger partial charge in [-0.25, -0.2) is 0 Å². The summed E-state index contributed by atoms with van der Waals surface area (Å²) in [6.45, 7) is 0. The number of hydrogen-bond acceptors (Lipinski definition) is 4. The Labute approximate surface area is 71.8 Å². The molecule has 8 nitrogen and oxygen atoms in total. The minimum Gasteiger partial charge on any atom is -0.756 e. The Kier molecular flexibility index (Phi) is 10.1. The van der Waals surface area contributed by atoms with Gasteiger partial charge in [0.15, 0.2) is 0 Å². The van der Waals surface area contributed by atoms with Crippen LogP contribution < -0.4 is 9.79 Å². The summed E-state index contributed by atoms with van der Waals surface area (Å²) in [5, 5.41) is 0. The third-order valence-electron chi connectivity index (χ3n) is 0. The molecule has 71 valence electrons. The SMILES string of the molecule is O=P([O-])(O)O.O=P([O-])(O)O.[Mn]. The van der Waals surface area contributed by atoms with Crippen molar-refractivity contribution in [3.05, 3.63) is 0 Å². The molecule has 1 radical (unpaired) electrons. The molecule has 0 unspecified atom stereocenters. The zero-order valence-electron chi connectivity index (χ0n) is 4.69. The summed E-state index contributed by atoms with van der Waals surface area (Å²) in [7, 11) is -9.78. The molecule has 0 fully saturated rings. The molecule has 0 atom stereocenters. The minimum absolute atomic E-state index is 0. The summed E-state index contributed by atoms with van der Waals surface area (Å²) in [6, 6.07) is 0. The van der Waals surface area contributed by atoms with Crippen LogP contribution in [0.4, 0.5) is 0 Å². The maximum Gasteiger partial charge on any atom is 0.262 e. The molecule has 4 N–H and O–H groups in total. The Balaban J connectivity index is -0.000000107. The standard InChI is InChI=1S/Mn.2H3O4P/c;2*1-5(2,3)4/h;2*(H3,1,2,3,4)/p-2. The van der Waals surface area contributed by atoms with Crippen molar-refractivity contribution in [3.63, 3.8) is 0 Å². The van der Waals surface area contributed by atoms with Gasteiger partial charge in [-0.2, -0.15) is 0 Å². The number of hydrogen-bond donors (Lipinski definition) is 4. The van der Waals surface area contributed by atoms with Crippen LogP contribution >= 0.6 is 15.6 Å². The summed E-state index contributed by atoms with van der Waals surface area (Å²) in [6.07, 6.45) is 0. The second-order valence-corrected chi connectivity index (χ2v) is 2.94. The van der Waals surface area contributed by atoms with Crippen LogP contribution in [0, 0.1) is 0 Å². The molecular formula is H4MnO8P2-2. The van der Waals surface area contributed by atoms with Crippen LogP contribution in [0.3, 0.4) is 0 Å². The first-order chi connectivity index (χ1) is 4.00. The summed E-state index contributed by atoms with van der Waals surface area (Å²) >= 11 is 0. The summed E-state index contributed by atoms with van der Waals surface area (Å²) in [4.78, 5) is 45.8. The molecule has 0 aromatic heterocycles. The second kappa shape index (κ2) is 6.28. The maximum atomic E-state index is 8.77. The normalized spacial score (nSPS) is 10.7. The van der Waals surface area contributed by atoms with E-state index < -0.39 is 15.6 Å². The summed E-state index contributed by atoms with van der Waals surface area (Å²) in [5.74, 6) is 0. The van der Waals surface area contributed by atoms with Crippen LogP contribution in [0.2, 0.25) is 0 Å². The predicted octanol–water partition coefficient (Wildman–Crippen LogP) is -3.12. The molecule has 0 spiro atoms. The van der Waals surface area contributed by atoms with Crippen molar-refractivity contribution in [1.82, 2.24) is 0 Å². The number of phosphoric acid groups is 2. The second-order valence-electron chi connectivity index (χ2n) is 0.981. The molecule has 0 aliphatic carbocycles. The van der Waals surface area contributed by atoms with Gasteiger partial charge in [-0.05, 0) is 0 Å². The average Bonchev–Trinajstić information content (AvgIpc) is 1.12. The maximum absolute atomic E-state index is 8.77. The molecule has 0 bridgehead atoms. The van der Waals surface area contributed by atoms with Gasteiger partial charge >= 0.3 is 0 Å². The van der Waals surface area contributed by atoms with Crippen molar-refractivity contribution in [2.75, 3.05) is 0 Å². The van der Waals surface area contributed by atoms with Gasteiger partial charge < -0.3 is 29.4 Å². The molecule has 0 heterocycles. The van der Waals surface area contributed by atoms with Crippen molar-refractivity contribution in [2.24, 2.45) is 0 Å². The van der Waals surface area contributed by atoms with E-state index in [1.54, 1.807) is 0 Å². The van der Waals surface area contributed by atoms with Gasteiger partial charge in [-0.1, -0.05) is 0 Å². The van der Waals surface area contributed by atoms with E-state index in [0.29, 0.717) is 0 Å². The quantitative estimate of drug-likeness (QED) is 0.259. The molecule has 0 saturated carbocycles. The van der Waals surface area contributed by atoms with Crippen LogP contribution in [0.5, 0.6) is 0 Å². The van der Waals surface area contributed by atoms with Crippen LogP contribution in [0.25, 0.3) is 0 Å². The zero-order chi connectivity index (χ0) is 9.00. The molecule has 0 amide bonds. The fourth-order valence-corrected chi connectivity index (χ4v) is 0. The smallest absolute Gasteiger partial charge is 0.262 e. The summed E-state index contributed by atoms with van der Waals surface area (Å²) < 4.78 is 17.5. The Morgan fingerprint density at radius 3 is 0.818 bits per heavy atom.